The van der Waals surface area contributed by atoms with Crippen LogP contribution in [0.1, 0.15) is 56.6 Å². The van der Waals surface area contributed by atoms with Crippen molar-refractivity contribution < 1.29 is 0 Å². The number of thiol groups is 1. The molecule has 1 aromatic carbocycles. The molecule has 0 saturated heterocycles. The maximum atomic E-state index is 5.07. The molecule has 0 bridgehead atoms. The van der Waals surface area contributed by atoms with Gasteiger partial charge in [-0.1, -0.05) is 69.4 Å². The van der Waals surface area contributed by atoms with Crippen LogP contribution in [0.2, 0.25) is 0 Å². The maximum Gasteiger partial charge on any atom is 0.0747 e. The quantitative estimate of drug-likeness (QED) is 0.383. The average Bonchev–Trinajstić information content (AvgIpc) is 2.34. The zero-order valence-electron chi connectivity index (χ0n) is 10.6. The molecule has 0 fully saturated rings. The summed E-state index contributed by atoms with van der Waals surface area (Å²) in [7, 11) is 0. The van der Waals surface area contributed by atoms with E-state index in [1.165, 1.54) is 44.1 Å². The number of benzene rings is 1. The maximum absolute atomic E-state index is 5.07. The first-order valence-electron chi connectivity index (χ1n) is 6.56. The van der Waals surface area contributed by atoms with Gasteiger partial charge in [0.25, 0.3) is 0 Å². The van der Waals surface area contributed by atoms with Crippen molar-refractivity contribution in [2.24, 2.45) is 0 Å². The van der Waals surface area contributed by atoms with Crippen LogP contribution in [-0.4, -0.2) is 4.20 Å². The van der Waals surface area contributed by atoms with Crippen molar-refractivity contribution in [3.8, 4) is 0 Å². The predicted molar refractivity (Wildman–Crippen MR) is 84.2 cm³/mol. The molecule has 0 N–H and O–H groups in total. The van der Waals surface area contributed by atoms with Crippen LogP contribution in [-0.2, 0) is 6.42 Å². The van der Waals surface area contributed by atoms with Crippen molar-refractivity contribution >= 4 is 29.0 Å². The van der Waals surface area contributed by atoms with Gasteiger partial charge in [0.15, 0.2) is 0 Å². The third kappa shape index (κ3) is 6.23. The van der Waals surface area contributed by atoms with Crippen LogP contribution in [0.25, 0.3) is 0 Å². The largest absolute Gasteiger partial charge is 0.131 e. The minimum atomic E-state index is 0.690. The van der Waals surface area contributed by atoms with E-state index in [0.29, 0.717) is 4.20 Å². The summed E-state index contributed by atoms with van der Waals surface area (Å²) in [6.07, 6.45) is 9.25. The zero-order chi connectivity index (χ0) is 12.5. The number of hydrogen-bond acceptors (Lipinski definition) is 1. The van der Waals surface area contributed by atoms with Gasteiger partial charge < -0.3 is 0 Å². The van der Waals surface area contributed by atoms with E-state index < -0.39 is 0 Å². The second-order valence-electron chi connectivity index (χ2n) is 4.52. The van der Waals surface area contributed by atoms with Crippen molar-refractivity contribution in [3.05, 3.63) is 35.4 Å². The molecule has 94 valence electrons. The third-order valence-corrected chi connectivity index (χ3v) is 3.49. The van der Waals surface area contributed by atoms with Crippen LogP contribution < -0.4 is 0 Å². The molecule has 0 aromatic heterocycles. The molecule has 0 atom stereocenters. The van der Waals surface area contributed by atoms with E-state index in [-0.39, 0.29) is 0 Å². The van der Waals surface area contributed by atoms with E-state index in [1.54, 1.807) is 0 Å². The zero-order valence-corrected chi connectivity index (χ0v) is 12.3. The molecule has 0 amide bonds. The summed E-state index contributed by atoms with van der Waals surface area (Å²) in [4.78, 5) is 0. The van der Waals surface area contributed by atoms with Crippen LogP contribution >= 0.6 is 24.8 Å². The standard InChI is InChI=1S/C15H22S2/c1-2-3-4-5-6-7-9-13-10-8-11-14(12-13)15(16)17/h8,10-12H,2-7,9H2,1H3,(H,16,17). The second kappa shape index (κ2) is 8.71. The fourth-order valence-corrected chi connectivity index (χ4v) is 2.24. The first-order valence-corrected chi connectivity index (χ1v) is 7.42. The summed E-state index contributed by atoms with van der Waals surface area (Å²) in [6, 6.07) is 8.45. The lowest BCUT2D eigenvalue weighted by Gasteiger charge is -2.04. The smallest absolute Gasteiger partial charge is 0.0747 e. The molecule has 0 aliphatic rings. The van der Waals surface area contributed by atoms with E-state index >= 15 is 0 Å². The Hall–Kier alpha value is -0.340. The molecule has 2 heteroatoms. The monoisotopic (exact) mass is 266 g/mol. The first kappa shape index (κ1) is 14.7. The van der Waals surface area contributed by atoms with Crippen LogP contribution in [0, 0.1) is 0 Å². The molecule has 0 aliphatic heterocycles. The SMILES string of the molecule is CCCCCCCCc1cccc(C(=S)S)c1. The summed E-state index contributed by atoms with van der Waals surface area (Å²) in [5, 5.41) is 0. The highest BCUT2D eigenvalue weighted by molar-refractivity contribution is 8.11. The molecule has 0 aliphatic carbocycles. The Kier molecular flexibility index (Phi) is 7.54. The molecular weight excluding hydrogens is 244 g/mol. The van der Waals surface area contributed by atoms with Gasteiger partial charge >= 0.3 is 0 Å². The first-order chi connectivity index (χ1) is 8.24. The summed E-state index contributed by atoms with van der Waals surface area (Å²) in [5.74, 6) is 0. The van der Waals surface area contributed by atoms with E-state index in [0.717, 1.165) is 12.0 Å². The van der Waals surface area contributed by atoms with E-state index in [1.807, 2.05) is 6.07 Å². The Morgan fingerprint density at radius 1 is 1.12 bits per heavy atom. The minimum absolute atomic E-state index is 0.690. The highest BCUT2D eigenvalue weighted by Crippen LogP contribution is 2.13. The van der Waals surface area contributed by atoms with Crippen molar-refractivity contribution in [1.82, 2.24) is 0 Å². The normalized spacial score (nSPS) is 10.5. The van der Waals surface area contributed by atoms with Gasteiger partial charge in [0, 0.05) is 0 Å². The number of unbranched alkanes of at least 4 members (excludes halogenated alkanes) is 5. The second-order valence-corrected chi connectivity index (χ2v) is 5.68. The molecule has 0 unspecified atom stereocenters. The number of thiocarbonyl (C=S) groups is 1. The van der Waals surface area contributed by atoms with Crippen molar-refractivity contribution in [2.75, 3.05) is 0 Å². The lowest BCUT2D eigenvalue weighted by atomic mass is 10.0. The molecule has 1 rings (SSSR count). The molecule has 17 heavy (non-hydrogen) atoms. The molecule has 0 nitrogen and oxygen atoms in total. The van der Waals surface area contributed by atoms with Gasteiger partial charge in [0.2, 0.25) is 0 Å². The Bertz CT molecular complexity index is 345. The summed E-state index contributed by atoms with van der Waals surface area (Å²) >= 11 is 9.28. The lowest BCUT2D eigenvalue weighted by Crippen LogP contribution is -1.91. The van der Waals surface area contributed by atoms with Gasteiger partial charge in [-0.2, -0.15) is 0 Å². The van der Waals surface area contributed by atoms with Crippen LogP contribution in [0.3, 0.4) is 0 Å². The number of hydrogen-bond donors (Lipinski definition) is 1. The Balaban J connectivity index is 2.27. The van der Waals surface area contributed by atoms with Crippen molar-refractivity contribution in [1.29, 1.82) is 0 Å². The highest BCUT2D eigenvalue weighted by Gasteiger charge is 1.98. The van der Waals surface area contributed by atoms with Gasteiger partial charge in [-0.15, -0.1) is 12.6 Å². The van der Waals surface area contributed by atoms with Gasteiger partial charge in [0.1, 0.15) is 0 Å². The van der Waals surface area contributed by atoms with Crippen molar-refractivity contribution in [2.45, 2.75) is 51.9 Å². The molecule has 0 spiro atoms. The van der Waals surface area contributed by atoms with Gasteiger partial charge in [-0.3, -0.25) is 0 Å². The fourth-order valence-electron chi connectivity index (χ4n) is 1.97. The molecule has 0 radical (unpaired) electrons. The molecular formula is C15H22S2. The van der Waals surface area contributed by atoms with E-state index in [2.05, 4.69) is 37.8 Å². The van der Waals surface area contributed by atoms with Gasteiger partial charge in [0.05, 0.1) is 4.20 Å². The fraction of sp³-hybridized carbons (Fsp3) is 0.533. The average molecular weight is 266 g/mol. The Morgan fingerprint density at radius 3 is 2.53 bits per heavy atom. The van der Waals surface area contributed by atoms with Crippen LogP contribution in [0.15, 0.2) is 24.3 Å². The summed E-state index contributed by atoms with van der Waals surface area (Å²) in [6.45, 7) is 2.26. The number of rotatable bonds is 8. The number of aryl methyl sites for hydroxylation is 1. The van der Waals surface area contributed by atoms with E-state index in [4.69, 9.17) is 12.2 Å². The molecule has 0 heterocycles. The minimum Gasteiger partial charge on any atom is -0.131 e. The van der Waals surface area contributed by atoms with Gasteiger partial charge in [-0.25, -0.2) is 0 Å². The Labute approximate surface area is 116 Å². The predicted octanol–water partition coefficient (Wildman–Crippen LogP) is 5.19. The van der Waals surface area contributed by atoms with Crippen molar-refractivity contribution in [3.63, 3.8) is 0 Å². The lowest BCUT2D eigenvalue weighted by molar-refractivity contribution is 0.607. The molecule has 0 saturated carbocycles. The van der Waals surface area contributed by atoms with Gasteiger partial charge in [-0.05, 0) is 30.0 Å². The summed E-state index contributed by atoms with van der Waals surface area (Å²) in [5.41, 5.74) is 2.46. The van der Waals surface area contributed by atoms with E-state index in [9.17, 15) is 0 Å². The highest BCUT2D eigenvalue weighted by atomic mass is 32.1. The summed E-state index contributed by atoms with van der Waals surface area (Å²) < 4.78 is 0.690. The van der Waals surface area contributed by atoms with Crippen LogP contribution in [0.4, 0.5) is 0 Å². The third-order valence-electron chi connectivity index (χ3n) is 2.99. The Morgan fingerprint density at radius 2 is 1.82 bits per heavy atom. The molecule has 1 aromatic rings. The van der Waals surface area contributed by atoms with Crippen LogP contribution in [0.5, 0.6) is 0 Å². The topological polar surface area (TPSA) is 0 Å².